The third-order valence-corrected chi connectivity index (χ3v) is 17.1. The van der Waals surface area contributed by atoms with Gasteiger partial charge in [-0.3, -0.25) is 0 Å². The van der Waals surface area contributed by atoms with E-state index < -0.39 is 0 Å². The number of nitrogens with zero attached hydrogens (tertiary/aromatic N) is 3. The summed E-state index contributed by atoms with van der Waals surface area (Å²) in [5.74, 6) is 0. The molecule has 15 rings (SSSR count). The maximum atomic E-state index is 7.10. The molecule has 3 aliphatic rings. The lowest BCUT2D eigenvalue weighted by atomic mass is 9.43. The molecule has 5 heteroatoms. The van der Waals surface area contributed by atoms with Gasteiger partial charge in [0.1, 0.15) is 5.58 Å². The summed E-state index contributed by atoms with van der Waals surface area (Å²) in [5, 5.41) is 7.33. The Kier molecular flexibility index (Phi) is 8.73. The lowest BCUT2D eigenvalue weighted by molar-refractivity contribution is 0.590. The van der Waals surface area contributed by atoms with Crippen LogP contribution in [-0.4, -0.2) is 11.4 Å². The first-order valence-electron chi connectivity index (χ1n) is 26.4. The van der Waals surface area contributed by atoms with Crippen molar-refractivity contribution in [3.63, 3.8) is 0 Å². The van der Waals surface area contributed by atoms with Crippen LogP contribution in [0.2, 0.25) is 0 Å². The monoisotopic (exact) mass is 953 g/mol. The largest absolute Gasteiger partial charge is 0.454 e. The first-order valence-corrected chi connectivity index (χ1v) is 26.4. The van der Waals surface area contributed by atoms with Crippen LogP contribution in [0.5, 0.6) is 0 Å². The van der Waals surface area contributed by atoms with Gasteiger partial charge in [-0.1, -0.05) is 189 Å². The summed E-state index contributed by atoms with van der Waals surface area (Å²) in [6, 6.07) is 73.4. The van der Waals surface area contributed by atoms with Gasteiger partial charge in [-0.25, -0.2) is 0 Å². The normalized spacial score (nSPS) is 14.3. The Bertz CT molecular complexity index is 4310. The SMILES string of the molecule is CC(C)(C)c1ccc(N(c2ccc(C(C)(C)C)cc2)c2ccc3c(c2)N(c2cccc4c2oc2ccccc24)B2c4c(cc5c(c4-3)-c3ccccc3C5(C)C)-n3c4ccc5ccccc5c4c4cccc2c43)cc1. The van der Waals surface area contributed by atoms with E-state index in [-0.39, 0.29) is 23.1 Å². The molecule has 0 unspecified atom stereocenters. The van der Waals surface area contributed by atoms with Crippen LogP contribution < -0.4 is 20.6 Å². The van der Waals surface area contributed by atoms with Gasteiger partial charge in [0, 0.05) is 61.0 Å². The van der Waals surface area contributed by atoms with Crippen LogP contribution in [0, 0.1) is 0 Å². The van der Waals surface area contributed by atoms with Gasteiger partial charge in [0.05, 0.1) is 16.7 Å². The van der Waals surface area contributed by atoms with Crippen LogP contribution in [0.25, 0.3) is 82.5 Å². The fourth-order valence-electron chi connectivity index (χ4n) is 13.4. The smallest absolute Gasteiger partial charge is 0.333 e. The Morgan fingerprint density at radius 1 is 0.486 bits per heavy atom. The molecule has 0 saturated heterocycles. The van der Waals surface area contributed by atoms with Crippen LogP contribution in [0.4, 0.5) is 28.4 Å². The number of hydrogen-bond donors (Lipinski definition) is 0. The molecule has 74 heavy (non-hydrogen) atoms. The highest BCUT2D eigenvalue weighted by Crippen LogP contribution is 2.57. The van der Waals surface area contributed by atoms with E-state index in [2.05, 4.69) is 264 Å². The van der Waals surface area contributed by atoms with E-state index in [1.807, 2.05) is 0 Å². The van der Waals surface area contributed by atoms with E-state index in [1.54, 1.807) is 0 Å². The molecule has 4 nitrogen and oxygen atoms in total. The van der Waals surface area contributed by atoms with Crippen molar-refractivity contribution in [2.45, 2.75) is 71.6 Å². The fraction of sp³-hybridized carbons (Fsp3) is 0.159. The minimum absolute atomic E-state index is 0.0169. The molecule has 2 aliphatic heterocycles. The summed E-state index contributed by atoms with van der Waals surface area (Å²) in [7, 11) is 0. The van der Waals surface area contributed by atoms with E-state index in [4.69, 9.17) is 4.42 Å². The molecule has 0 spiro atoms. The molecule has 2 aromatic heterocycles. The molecule has 0 N–H and O–H groups in total. The number of rotatable bonds is 4. The lowest BCUT2D eigenvalue weighted by Crippen LogP contribution is -2.60. The Morgan fingerprint density at radius 2 is 1.12 bits per heavy atom. The van der Waals surface area contributed by atoms with Crippen molar-refractivity contribution < 1.29 is 4.42 Å². The summed E-state index contributed by atoms with van der Waals surface area (Å²) in [6.07, 6.45) is 0. The molecule has 0 saturated carbocycles. The molecule has 12 aromatic rings. The lowest BCUT2D eigenvalue weighted by Gasteiger charge is -2.43. The first kappa shape index (κ1) is 43.3. The van der Waals surface area contributed by atoms with Crippen LogP contribution in [0.1, 0.15) is 77.6 Å². The average Bonchev–Trinajstić information content (AvgIpc) is 4.21. The predicted molar refractivity (Wildman–Crippen MR) is 314 cm³/mol. The third kappa shape index (κ3) is 5.87. The van der Waals surface area contributed by atoms with Crippen molar-refractivity contribution in [1.29, 1.82) is 0 Å². The second kappa shape index (κ2) is 14.9. The molecule has 10 aromatic carbocycles. The van der Waals surface area contributed by atoms with E-state index in [0.717, 1.165) is 50.4 Å². The van der Waals surface area contributed by atoms with Crippen molar-refractivity contribution >= 4 is 101 Å². The summed E-state index contributed by atoms with van der Waals surface area (Å²) in [6.45, 7) is 18.4. The molecule has 4 heterocycles. The van der Waals surface area contributed by atoms with Crippen LogP contribution >= 0.6 is 0 Å². The maximum Gasteiger partial charge on any atom is 0.333 e. The summed E-state index contributed by atoms with van der Waals surface area (Å²) in [4.78, 5) is 5.11. The van der Waals surface area contributed by atoms with E-state index >= 15 is 0 Å². The molecule has 0 amide bonds. The highest BCUT2D eigenvalue weighted by molar-refractivity contribution is 6.94. The van der Waals surface area contributed by atoms with Gasteiger partial charge in [0.2, 0.25) is 0 Å². The molecule has 0 radical (unpaired) electrons. The highest BCUT2D eigenvalue weighted by atomic mass is 16.3. The number of fused-ring (bicyclic) bond motifs is 16. The molecular weight excluding hydrogens is 898 g/mol. The quantitative estimate of drug-likeness (QED) is 0.164. The van der Waals surface area contributed by atoms with Crippen LogP contribution in [0.3, 0.4) is 0 Å². The van der Waals surface area contributed by atoms with E-state index in [1.165, 1.54) is 93.7 Å². The summed E-state index contributed by atoms with van der Waals surface area (Å²) < 4.78 is 9.73. The zero-order valence-corrected chi connectivity index (χ0v) is 43.3. The second-order valence-corrected chi connectivity index (χ2v) is 23.7. The number of anilines is 5. The molecule has 356 valence electrons. The van der Waals surface area contributed by atoms with E-state index in [9.17, 15) is 0 Å². The zero-order valence-electron chi connectivity index (χ0n) is 43.3. The van der Waals surface area contributed by atoms with Gasteiger partial charge >= 0.3 is 6.85 Å². The van der Waals surface area contributed by atoms with Crippen molar-refractivity contribution in [1.82, 2.24) is 4.57 Å². The van der Waals surface area contributed by atoms with Gasteiger partial charge in [-0.2, -0.15) is 0 Å². The fourth-order valence-corrected chi connectivity index (χ4v) is 13.4. The number of aromatic nitrogens is 1. The predicted octanol–water partition coefficient (Wildman–Crippen LogP) is 17.4. The topological polar surface area (TPSA) is 24.6 Å². The Morgan fingerprint density at radius 3 is 1.86 bits per heavy atom. The average molecular weight is 954 g/mol. The molecule has 1 aliphatic carbocycles. The van der Waals surface area contributed by atoms with Crippen molar-refractivity contribution in [3.8, 4) is 27.9 Å². The third-order valence-electron chi connectivity index (χ3n) is 17.1. The van der Waals surface area contributed by atoms with Crippen LogP contribution in [0.15, 0.2) is 199 Å². The van der Waals surface area contributed by atoms with Crippen molar-refractivity contribution in [2.75, 3.05) is 9.71 Å². The molecular formula is C69H56BN3O. The van der Waals surface area contributed by atoms with Gasteiger partial charge < -0.3 is 18.7 Å². The number of hydrogen-bond acceptors (Lipinski definition) is 3. The van der Waals surface area contributed by atoms with Gasteiger partial charge in [0.15, 0.2) is 5.58 Å². The summed E-state index contributed by atoms with van der Waals surface area (Å²) in [5.41, 5.74) is 23.9. The minimum Gasteiger partial charge on any atom is -0.454 e. The van der Waals surface area contributed by atoms with Gasteiger partial charge in [-0.15, -0.1) is 0 Å². The van der Waals surface area contributed by atoms with Crippen LogP contribution in [-0.2, 0) is 16.2 Å². The Balaban J connectivity index is 1.09. The zero-order chi connectivity index (χ0) is 50.2. The highest BCUT2D eigenvalue weighted by Gasteiger charge is 2.49. The number of benzene rings is 10. The standard InChI is InChI=1S/C69H56BN3O/c1-67(2,3)42-28-32-44(33-29-42)71(45-34-30-43(31-35-45)68(4,5)6)46-36-37-51-58(39-46)73(57-25-16-21-49-48-19-12-14-26-60(48)74-66(49)57)70-55-24-15-22-52-61-47-18-10-9-17-41(47)27-38-56(61)72(65(52)55)59-40-54-62(63(51)64(59)70)50-20-11-13-23-53(50)69(54,7)8/h9-40H,1-8H3. The Hall–Kier alpha value is -8.28. The molecule has 0 atom stereocenters. The molecule has 0 fully saturated rings. The Labute approximate surface area is 433 Å². The molecule has 0 bridgehead atoms. The minimum atomic E-state index is -0.245. The second-order valence-electron chi connectivity index (χ2n) is 23.7. The number of para-hydroxylation sites is 3. The van der Waals surface area contributed by atoms with E-state index in [0.29, 0.717) is 0 Å². The first-order chi connectivity index (χ1) is 35.8. The van der Waals surface area contributed by atoms with Gasteiger partial charge in [0.25, 0.3) is 0 Å². The summed E-state index contributed by atoms with van der Waals surface area (Å²) >= 11 is 0. The number of furan rings is 1. The van der Waals surface area contributed by atoms with Crippen molar-refractivity contribution in [3.05, 3.63) is 216 Å². The maximum absolute atomic E-state index is 7.10. The van der Waals surface area contributed by atoms with Gasteiger partial charge in [-0.05, 0) is 132 Å². The van der Waals surface area contributed by atoms with Crippen molar-refractivity contribution in [2.24, 2.45) is 0 Å².